The molecule has 0 atom stereocenters. The second kappa shape index (κ2) is 3.84. The number of nitrogens with zero attached hydrogens (tertiary/aromatic N) is 3. The van der Waals surface area contributed by atoms with Crippen LogP contribution in [0.4, 0.5) is 0 Å². The average molecular weight is 233 g/mol. The van der Waals surface area contributed by atoms with Gasteiger partial charge in [-0.05, 0) is 12.8 Å². The lowest BCUT2D eigenvalue weighted by molar-refractivity contribution is 0.0957. The van der Waals surface area contributed by atoms with E-state index in [4.69, 9.17) is 4.98 Å². The third-order valence-corrected chi connectivity index (χ3v) is 4.19. The van der Waals surface area contributed by atoms with Crippen LogP contribution in [0.1, 0.15) is 51.6 Å². The van der Waals surface area contributed by atoms with Crippen molar-refractivity contribution in [2.45, 2.75) is 64.6 Å². The average Bonchev–Trinajstić information content (AvgIpc) is 2.57. The van der Waals surface area contributed by atoms with Crippen LogP contribution in [0.3, 0.4) is 0 Å². The molecule has 1 aromatic heterocycles. The minimum Gasteiger partial charge on any atom is -0.332 e. The Balaban J connectivity index is 1.80. The number of imidazole rings is 1. The lowest BCUT2D eigenvalue weighted by Crippen LogP contribution is -2.44. The van der Waals surface area contributed by atoms with Crippen molar-refractivity contribution >= 4 is 0 Å². The molecular weight excluding hydrogens is 210 g/mol. The van der Waals surface area contributed by atoms with Gasteiger partial charge in [-0.2, -0.15) is 0 Å². The van der Waals surface area contributed by atoms with Crippen molar-refractivity contribution in [1.29, 1.82) is 0 Å². The SMILES string of the molecule is CC(C)(C)c1cn2c(n1)CN(C1CCC1)CC2. The number of hydrogen-bond donors (Lipinski definition) is 0. The van der Waals surface area contributed by atoms with Gasteiger partial charge in [-0.25, -0.2) is 4.98 Å². The van der Waals surface area contributed by atoms with E-state index in [0.717, 1.165) is 19.1 Å². The fraction of sp³-hybridized carbons (Fsp3) is 0.786. The van der Waals surface area contributed by atoms with E-state index in [9.17, 15) is 0 Å². The Bertz CT molecular complexity index is 410. The summed E-state index contributed by atoms with van der Waals surface area (Å²) in [5, 5.41) is 0. The highest BCUT2D eigenvalue weighted by Crippen LogP contribution is 2.29. The highest BCUT2D eigenvalue weighted by atomic mass is 15.3. The van der Waals surface area contributed by atoms with E-state index in [1.165, 1.54) is 37.3 Å². The van der Waals surface area contributed by atoms with Crippen molar-refractivity contribution in [1.82, 2.24) is 14.5 Å². The summed E-state index contributed by atoms with van der Waals surface area (Å²) in [7, 11) is 0. The molecule has 1 aliphatic carbocycles. The molecule has 3 rings (SSSR count). The fourth-order valence-corrected chi connectivity index (χ4v) is 2.70. The van der Waals surface area contributed by atoms with E-state index in [-0.39, 0.29) is 5.41 Å². The van der Waals surface area contributed by atoms with E-state index < -0.39 is 0 Å². The van der Waals surface area contributed by atoms with E-state index in [1.54, 1.807) is 0 Å². The van der Waals surface area contributed by atoms with Crippen molar-refractivity contribution in [3.8, 4) is 0 Å². The molecule has 3 heteroatoms. The van der Waals surface area contributed by atoms with Gasteiger partial charge in [0.2, 0.25) is 0 Å². The van der Waals surface area contributed by atoms with Gasteiger partial charge in [0.15, 0.2) is 0 Å². The quantitative estimate of drug-likeness (QED) is 0.743. The molecule has 0 aromatic carbocycles. The van der Waals surface area contributed by atoms with Gasteiger partial charge in [0.25, 0.3) is 0 Å². The van der Waals surface area contributed by atoms with Crippen molar-refractivity contribution in [2.75, 3.05) is 6.54 Å². The normalized spacial score (nSPS) is 22.3. The molecule has 2 aliphatic rings. The second-order valence-corrected chi connectivity index (χ2v) is 6.54. The Labute approximate surface area is 104 Å². The topological polar surface area (TPSA) is 21.1 Å². The standard InChI is InChI=1S/C14H23N3/c1-14(2,3)12-9-17-8-7-16(10-13(17)15-12)11-5-4-6-11/h9,11H,4-8,10H2,1-3H3. The molecule has 3 nitrogen and oxygen atoms in total. The van der Waals surface area contributed by atoms with Gasteiger partial charge in [0, 0.05) is 30.7 Å². The molecule has 1 fully saturated rings. The van der Waals surface area contributed by atoms with Crippen molar-refractivity contribution in [2.24, 2.45) is 0 Å². The molecule has 0 saturated heterocycles. The first kappa shape index (κ1) is 11.3. The van der Waals surface area contributed by atoms with Gasteiger partial charge in [0.05, 0.1) is 12.2 Å². The van der Waals surface area contributed by atoms with E-state index in [1.807, 2.05) is 0 Å². The third kappa shape index (κ3) is 2.01. The predicted octanol–water partition coefficient (Wildman–Crippen LogP) is 2.55. The van der Waals surface area contributed by atoms with Gasteiger partial charge in [-0.1, -0.05) is 27.2 Å². The van der Waals surface area contributed by atoms with E-state index in [0.29, 0.717) is 0 Å². The first-order valence-corrected chi connectivity index (χ1v) is 6.84. The van der Waals surface area contributed by atoms with Crippen LogP contribution in [0.15, 0.2) is 6.20 Å². The maximum absolute atomic E-state index is 4.83. The molecule has 0 N–H and O–H groups in total. The molecule has 1 aromatic rings. The first-order chi connectivity index (χ1) is 8.04. The van der Waals surface area contributed by atoms with Crippen LogP contribution in [0.2, 0.25) is 0 Å². The summed E-state index contributed by atoms with van der Waals surface area (Å²) in [6, 6.07) is 0.846. The van der Waals surface area contributed by atoms with Crippen LogP contribution in [0.25, 0.3) is 0 Å². The summed E-state index contributed by atoms with van der Waals surface area (Å²) in [5.74, 6) is 1.27. The molecule has 2 heterocycles. The molecule has 0 amide bonds. The lowest BCUT2D eigenvalue weighted by Gasteiger charge is -2.39. The zero-order chi connectivity index (χ0) is 12.0. The van der Waals surface area contributed by atoms with Gasteiger partial charge in [0.1, 0.15) is 5.82 Å². The van der Waals surface area contributed by atoms with Crippen molar-refractivity contribution < 1.29 is 0 Å². The van der Waals surface area contributed by atoms with Crippen LogP contribution in [0, 0.1) is 0 Å². The number of rotatable bonds is 1. The van der Waals surface area contributed by atoms with Crippen LogP contribution in [0.5, 0.6) is 0 Å². The van der Waals surface area contributed by atoms with Crippen LogP contribution < -0.4 is 0 Å². The molecule has 1 saturated carbocycles. The zero-order valence-electron chi connectivity index (χ0n) is 11.2. The highest BCUT2D eigenvalue weighted by Gasteiger charge is 2.29. The monoisotopic (exact) mass is 233 g/mol. The van der Waals surface area contributed by atoms with Crippen molar-refractivity contribution in [3.05, 3.63) is 17.7 Å². The summed E-state index contributed by atoms with van der Waals surface area (Å²) in [6.45, 7) is 10.1. The zero-order valence-corrected chi connectivity index (χ0v) is 11.2. The summed E-state index contributed by atoms with van der Waals surface area (Å²) in [4.78, 5) is 7.46. The summed E-state index contributed by atoms with van der Waals surface area (Å²) in [6.07, 6.45) is 6.47. The second-order valence-electron chi connectivity index (χ2n) is 6.54. The highest BCUT2D eigenvalue weighted by molar-refractivity contribution is 5.14. The Morgan fingerprint density at radius 3 is 2.59 bits per heavy atom. The molecule has 17 heavy (non-hydrogen) atoms. The molecule has 0 radical (unpaired) electrons. The Hall–Kier alpha value is -0.830. The summed E-state index contributed by atoms with van der Waals surface area (Å²) in [5.41, 5.74) is 1.41. The third-order valence-electron chi connectivity index (χ3n) is 4.19. The van der Waals surface area contributed by atoms with Gasteiger partial charge in [-0.3, -0.25) is 4.90 Å². The maximum atomic E-state index is 4.83. The minimum atomic E-state index is 0.172. The molecule has 94 valence electrons. The Morgan fingerprint density at radius 2 is 2.00 bits per heavy atom. The molecule has 0 spiro atoms. The van der Waals surface area contributed by atoms with Gasteiger partial charge >= 0.3 is 0 Å². The van der Waals surface area contributed by atoms with Gasteiger partial charge < -0.3 is 4.57 Å². The Morgan fingerprint density at radius 1 is 1.24 bits per heavy atom. The number of hydrogen-bond acceptors (Lipinski definition) is 2. The Kier molecular flexibility index (Phi) is 2.54. The van der Waals surface area contributed by atoms with Gasteiger partial charge in [-0.15, -0.1) is 0 Å². The van der Waals surface area contributed by atoms with Crippen molar-refractivity contribution in [3.63, 3.8) is 0 Å². The molecular formula is C14H23N3. The van der Waals surface area contributed by atoms with Crippen LogP contribution in [-0.2, 0) is 18.5 Å². The van der Waals surface area contributed by atoms with Crippen LogP contribution >= 0.6 is 0 Å². The van der Waals surface area contributed by atoms with Crippen LogP contribution in [-0.4, -0.2) is 27.0 Å². The van der Waals surface area contributed by atoms with E-state index in [2.05, 4.69) is 36.4 Å². The molecule has 0 bridgehead atoms. The summed E-state index contributed by atoms with van der Waals surface area (Å²) >= 11 is 0. The lowest BCUT2D eigenvalue weighted by atomic mass is 9.91. The molecule has 0 unspecified atom stereocenters. The summed E-state index contributed by atoms with van der Waals surface area (Å²) < 4.78 is 2.36. The smallest absolute Gasteiger partial charge is 0.123 e. The fourth-order valence-electron chi connectivity index (χ4n) is 2.70. The maximum Gasteiger partial charge on any atom is 0.123 e. The van der Waals surface area contributed by atoms with E-state index >= 15 is 0 Å². The largest absolute Gasteiger partial charge is 0.332 e. The number of fused-ring (bicyclic) bond motifs is 1. The minimum absolute atomic E-state index is 0.172. The molecule has 1 aliphatic heterocycles. The predicted molar refractivity (Wildman–Crippen MR) is 69.0 cm³/mol. The first-order valence-electron chi connectivity index (χ1n) is 6.84. The number of aromatic nitrogens is 2.